The number of nitrogens with one attached hydrogen (secondary N) is 1. The summed E-state index contributed by atoms with van der Waals surface area (Å²) in [4.78, 5) is 17.8. The molecule has 1 aliphatic carbocycles. The van der Waals surface area contributed by atoms with Gasteiger partial charge in [-0.05, 0) is 58.4 Å². The zero-order valence-corrected chi connectivity index (χ0v) is 22.3. The van der Waals surface area contributed by atoms with Crippen molar-refractivity contribution >= 4 is 34.6 Å². The normalized spacial score (nSPS) is 17.5. The highest BCUT2D eigenvalue weighted by atomic mass is 35.5. The number of benzene rings is 1. The van der Waals surface area contributed by atoms with Crippen LogP contribution in [-0.4, -0.2) is 39.5 Å². The molecule has 1 saturated carbocycles. The van der Waals surface area contributed by atoms with E-state index in [9.17, 15) is 4.79 Å². The number of aromatic nitrogens is 3. The first-order chi connectivity index (χ1) is 16.8. The van der Waals surface area contributed by atoms with E-state index in [1.165, 1.54) is 37.0 Å². The summed E-state index contributed by atoms with van der Waals surface area (Å²) in [7, 11) is 2.07. The Hall–Kier alpha value is -2.55. The second kappa shape index (κ2) is 11.0. The van der Waals surface area contributed by atoms with Crippen LogP contribution in [0.5, 0.6) is 0 Å². The van der Waals surface area contributed by atoms with Crippen LogP contribution in [0.4, 0.5) is 0 Å². The number of thiophene rings is 1. The first-order valence-corrected chi connectivity index (χ1v) is 13.3. The van der Waals surface area contributed by atoms with Gasteiger partial charge in [-0.25, -0.2) is 0 Å². The van der Waals surface area contributed by atoms with Gasteiger partial charge in [0.25, 0.3) is 0 Å². The molecule has 1 fully saturated rings. The minimum absolute atomic E-state index is 0.0716. The first-order valence-electron chi connectivity index (χ1n) is 12.1. The standard InChI is InChI=1S/C19H18ClN5OS.C7H15N/c1-9-10(2)27-19-16(9)17(12-4-6-13(20)7-5-12)22-14(8-15(21)26)18-24-23-11(3)25(18)19;1-8-7-5-3-2-4-6-7/h4-7,14H,8H2,1-3H3,(H2,21,26);7-8H,2-6H2,1H3. The van der Waals surface area contributed by atoms with Crippen LogP contribution in [0, 0.1) is 20.8 Å². The van der Waals surface area contributed by atoms with Crippen LogP contribution >= 0.6 is 22.9 Å². The van der Waals surface area contributed by atoms with Gasteiger partial charge in [0.1, 0.15) is 16.9 Å². The Kier molecular flexibility index (Phi) is 8.04. The molecular weight excluding hydrogens is 480 g/mol. The lowest BCUT2D eigenvalue weighted by atomic mass is 9.96. The Morgan fingerprint density at radius 3 is 2.43 bits per heavy atom. The third-order valence-corrected chi connectivity index (χ3v) is 8.21. The van der Waals surface area contributed by atoms with E-state index in [1.807, 2.05) is 35.8 Å². The van der Waals surface area contributed by atoms with Crippen molar-refractivity contribution in [1.29, 1.82) is 0 Å². The number of carbonyl (C=O) groups is 1. The Bertz CT molecular complexity index is 1220. The molecule has 1 aliphatic heterocycles. The smallest absolute Gasteiger partial charge is 0.220 e. The number of primary amides is 1. The van der Waals surface area contributed by atoms with E-state index in [2.05, 4.69) is 36.4 Å². The number of halogens is 1. The molecule has 3 N–H and O–H groups in total. The van der Waals surface area contributed by atoms with Crippen LogP contribution in [0.15, 0.2) is 29.3 Å². The third-order valence-electron chi connectivity index (χ3n) is 6.77. The quantitative estimate of drug-likeness (QED) is 0.501. The highest BCUT2D eigenvalue weighted by molar-refractivity contribution is 7.15. The van der Waals surface area contributed by atoms with E-state index in [4.69, 9.17) is 22.3 Å². The molecule has 2 aliphatic rings. The van der Waals surface area contributed by atoms with E-state index in [-0.39, 0.29) is 6.42 Å². The Morgan fingerprint density at radius 1 is 1.14 bits per heavy atom. The van der Waals surface area contributed by atoms with Gasteiger partial charge in [-0.2, -0.15) is 0 Å². The zero-order chi connectivity index (χ0) is 25.1. The molecular formula is C26H33ClN6OS. The number of rotatable bonds is 4. The maximum absolute atomic E-state index is 11.7. The van der Waals surface area contributed by atoms with Crippen LogP contribution in [0.25, 0.3) is 5.00 Å². The number of carbonyl (C=O) groups excluding carboxylic acids is 1. The average molecular weight is 513 g/mol. The third kappa shape index (κ3) is 5.50. The van der Waals surface area contributed by atoms with Gasteiger partial charge in [0.15, 0.2) is 5.82 Å². The van der Waals surface area contributed by atoms with Gasteiger partial charge >= 0.3 is 0 Å². The Balaban J connectivity index is 0.000000308. The number of hydrogen-bond acceptors (Lipinski definition) is 6. The van der Waals surface area contributed by atoms with Crippen molar-refractivity contribution in [3.8, 4) is 5.00 Å². The van der Waals surface area contributed by atoms with Gasteiger partial charge in [-0.3, -0.25) is 14.4 Å². The number of aryl methyl sites for hydroxylation is 2. The first kappa shape index (κ1) is 25.5. The minimum atomic E-state index is -0.492. The Labute approximate surface area is 215 Å². The predicted molar refractivity (Wildman–Crippen MR) is 143 cm³/mol. The fourth-order valence-corrected chi connectivity index (χ4v) is 6.05. The minimum Gasteiger partial charge on any atom is -0.370 e. The summed E-state index contributed by atoms with van der Waals surface area (Å²) < 4.78 is 2.00. The fourth-order valence-electron chi connectivity index (χ4n) is 4.71. The maximum Gasteiger partial charge on any atom is 0.220 e. The predicted octanol–water partition coefficient (Wildman–Crippen LogP) is 5.21. The molecule has 1 atom stereocenters. The van der Waals surface area contributed by atoms with E-state index < -0.39 is 11.9 Å². The molecule has 5 rings (SSSR count). The number of amides is 1. The molecule has 35 heavy (non-hydrogen) atoms. The molecule has 0 bridgehead atoms. The van der Waals surface area contributed by atoms with Gasteiger partial charge in [-0.1, -0.05) is 43.0 Å². The summed E-state index contributed by atoms with van der Waals surface area (Å²) in [6.07, 6.45) is 7.20. The lowest BCUT2D eigenvalue weighted by Gasteiger charge is -2.20. The van der Waals surface area contributed by atoms with Crippen molar-refractivity contribution < 1.29 is 4.79 Å². The largest absolute Gasteiger partial charge is 0.370 e. The molecule has 2 aromatic heterocycles. The van der Waals surface area contributed by atoms with Crippen LogP contribution in [0.1, 0.15) is 77.8 Å². The van der Waals surface area contributed by atoms with Crippen molar-refractivity contribution in [2.45, 2.75) is 71.4 Å². The summed E-state index contributed by atoms with van der Waals surface area (Å²) >= 11 is 7.74. The summed E-state index contributed by atoms with van der Waals surface area (Å²) in [6.45, 7) is 6.08. The van der Waals surface area contributed by atoms with Gasteiger partial charge in [-0.15, -0.1) is 21.5 Å². The summed E-state index contributed by atoms with van der Waals surface area (Å²) in [5.41, 5.74) is 9.45. The fraction of sp³-hybridized carbons (Fsp3) is 0.462. The zero-order valence-electron chi connectivity index (χ0n) is 20.8. The molecule has 1 amide bonds. The lowest BCUT2D eigenvalue weighted by molar-refractivity contribution is -0.118. The molecule has 3 heterocycles. The monoisotopic (exact) mass is 512 g/mol. The summed E-state index contributed by atoms with van der Waals surface area (Å²) in [6, 6.07) is 7.91. The molecule has 0 saturated heterocycles. The van der Waals surface area contributed by atoms with E-state index >= 15 is 0 Å². The van der Waals surface area contributed by atoms with Gasteiger partial charge in [0, 0.05) is 27.1 Å². The highest BCUT2D eigenvalue weighted by Gasteiger charge is 2.31. The second-order valence-electron chi connectivity index (χ2n) is 9.20. The van der Waals surface area contributed by atoms with Crippen molar-refractivity contribution in [2.75, 3.05) is 7.05 Å². The number of hydrogen-bond donors (Lipinski definition) is 2. The maximum atomic E-state index is 11.7. The molecule has 1 aromatic carbocycles. The Morgan fingerprint density at radius 2 is 1.83 bits per heavy atom. The molecule has 3 aromatic rings. The van der Waals surface area contributed by atoms with E-state index in [0.717, 1.165) is 39.3 Å². The molecule has 0 radical (unpaired) electrons. The molecule has 186 valence electrons. The van der Waals surface area contributed by atoms with Crippen molar-refractivity contribution in [1.82, 2.24) is 20.1 Å². The molecule has 1 unspecified atom stereocenters. The van der Waals surface area contributed by atoms with E-state index in [1.54, 1.807) is 11.3 Å². The summed E-state index contributed by atoms with van der Waals surface area (Å²) in [5, 5.41) is 13.5. The van der Waals surface area contributed by atoms with Gasteiger partial charge in [0.2, 0.25) is 5.91 Å². The molecule has 9 heteroatoms. The SMILES string of the molecule is CNC1CCCCC1.Cc1sc2c(c1C)C(c1ccc(Cl)cc1)=NC(CC(N)=O)c1nnc(C)n1-2. The van der Waals surface area contributed by atoms with Crippen LogP contribution < -0.4 is 11.1 Å². The average Bonchev–Trinajstić information content (AvgIpc) is 3.32. The highest BCUT2D eigenvalue weighted by Crippen LogP contribution is 2.39. The van der Waals surface area contributed by atoms with Crippen molar-refractivity contribution in [3.63, 3.8) is 0 Å². The lowest BCUT2D eigenvalue weighted by Crippen LogP contribution is -2.26. The van der Waals surface area contributed by atoms with Crippen molar-refractivity contribution in [3.05, 3.63) is 62.5 Å². The molecule has 7 nitrogen and oxygen atoms in total. The number of aliphatic imine (C=N–C) groups is 1. The van der Waals surface area contributed by atoms with Crippen LogP contribution in [-0.2, 0) is 4.79 Å². The van der Waals surface area contributed by atoms with Crippen molar-refractivity contribution in [2.24, 2.45) is 10.7 Å². The second-order valence-corrected chi connectivity index (χ2v) is 10.8. The number of fused-ring (bicyclic) bond motifs is 3. The topological polar surface area (TPSA) is 98.2 Å². The van der Waals surface area contributed by atoms with E-state index in [0.29, 0.717) is 10.8 Å². The molecule has 0 spiro atoms. The summed E-state index contributed by atoms with van der Waals surface area (Å²) in [5.74, 6) is 0.969. The number of nitrogens with two attached hydrogens (primary N) is 1. The van der Waals surface area contributed by atoms with Crippen LogP contribution in [0.2, 0.25) is 5.02 Å². The van der Waals surface area contributed by atoms with Gasteiger partial charge in [0.05, 0.1) is 12.1 Å². The van der Waals surface area contributed by atoms with Crippen LogP contribution in [0.3, 0.4) is 0 Å². The number of nitrogens with zero attached hydrogens (tertiary/aromatic N) is 4. The van der Waals surface area contributed by atoms with Gasteiger partial charge < -0.3 is 11.1 Å².